The Morgan fingerprint density at radius 2 is 1.97 bits per heavy atom. The molecule has 1 saturated heterocycles. The number of ether oxygens (including phenoxy) is 2. The third kappa shape index (κ3) is 5.53. The van der Waals surface area contributed by atoms with E-state index in [4.69, 9.17) is 9.47 Å². The summed E-state index contributed by atoms with van der Waals surface area (Å²) in [6.45, 7) is 8.60. The first-order valence-electron chi connectivity index (χ1n) is 11.9. The highest BCUT2D eigenvalue weighted by atomic mass is 16.5. The fourth-order valence-electron chi connectivity index (χ4n) is 6.09. The van der Waals surface area contributed by atoms with Crippen molar-refractivity contribution in [1.29, 1.82) is 0 Å². The van der Waals surface area contributed by atoms with Gasteiger partial charge in [0.05, 0.1) is 18.4 Å². The van der Waals surface area contributed by atoms with Crippen molar-refractivity contribution in [3.63, 3.8) is 0 Å². The number of rotatable bonds is 6. The summed E-state index contributed by atoms with van der Waals surface area (Å²) in [6, 6.07) is 0. The van der Waals surface area contributed by atoms with E-state index in [-0.39, 0.29) is 36.5 Å². The zero-order chi connectivity index (χ0) is 21.1. The third-order valence-corrected chi connectivity index (χ3v) is 7.87. The lowest BCUT2D eigenvalue weighted by Crippen LogP contribution is -2.48. The van der Waals surface area contributed by atoms with E-state index in [1.165, 1.54) is 19.3 Å². The van der Waals surface area contributed by atoms with E-state index < -0.39 is 6.10 Å². The van der Waals surface area contributed by atoms with Crippen LogP contribution < -0.4 is 0 Å². The smallest absolute Gasteiger partial charge is 0.308 e. The maximum atomic E-state index is 12.6. The van der Waals surface area contributed by atoms with Crippen LogP contribution in [0, 0.1) is 35.5 Å². The molecule has 3 fully saturated rings. The number of esters is 2. The molecule has 9 atom stereocenters. The largest absolute Gasteiger partial charge is 0.462 e. The zero-order valence-electron chi connectivity index (χ0n) is 18.6. The summed E-state index contributed by atoms with van der Waals surface area (Å²) < 4.78 is 11.6. The first-order valence-corrected chi connectivity index (χ1v) is 11.9. The van der Waals surface area contributed by atoms with Gasteiger partial charge in [-0.05, 0) is 62.2 Å². The van der Waals surface area contributed by atoms with Gasteiger partial charge in [0, 0.05) is 12.3 Å². The van der Waals surface area contributed by atoms with Crippen LogP contribution in [0.1, 0.15) is 85.5 Å². The number of aliphatic hydroxyl groups is 1. The molecule has 0 aromatic heterocycles. The number of cyclic esters (lactones) is 1. The molecule has 3 aliphatic rings. The molecule has 1 unspecified atom stereocenters. The van der Waals surface area contributed by atoms with Gasteiger partial charge in [0.2, 0.25) is 0 Å². The van der Waals surface area contributed by atoms with Gasteiger partial charge in [-0.15, -0.1) is 0 Å². The molecule has 0 radical (unpaired) electrons. The molecule has 1 heterocycles. The number of carbonyl (C=O) groups is 2. The lowest BCUT2D eigenvalue weighted by atomic mass is 9.58. The monoisotopic (exact) mass is 408 g/mol. The predicted molar refractivity (Wildman–Crippen MR) is 111 cm³/mol. The third-order valence-electron chi connectivity index (χ3n) is 7.87. The Labute approximate surface area is 175 Å². The standard InChI is InChI=1S/C24H40O5/c1-5-15(3)24(27)29-21-11-14(2)10-17-7-6-16(4)20(23(17)21)9-8-19-12-18(25)13-22(26)28-19/h14-21,23,25H,5-13H2,1-4H3/t14-,15?,16-,17-,18+,19+,20-,21-,23-/m0/s1. The quantitative estimate of drug-likeness (QED) is 0.655. The fraction of sp³-hybridized carbons (Fsp3) is 0.917. The molecule has 1 aliphatic heterocycles. The van der Waals surface area contributed by atoms with Crippen LogP contribution in [0.25, 0.3) is 0 Å². The molecular weight excluding hydrogens is 368 g/mol. The highest BCUT2D eigenvalue weighted by Gasteiger charge is 2.47. The van der Waals surface area contributed by atoms with Crippen LogP contribution in [0.3, 0.4) is 0 Å². The Kier molecular flexibility index (Phi) is 7.63. The van der Waals surface area contributed by atoms with Gasteiger partial charge in [0.25, 0.3) is 0 Å². The van der Waals surface area contributed by atoms with Crippen molar-refractivity contribution in [2.45, 2.75) is 104 Å². The summed E-state index contributed by atoms with van der Waals surface area (Å²) in [5, 5.41) is 9.91. The van der Waals surface area contributed by atoms with Gasteiger partial charge < -0.3 is 14.6 Å². The van der Waals surface area contributed by atoms with Crippen molar-refractivity contribution in [3.8, 4) is 0 Å². The highest BCUT2D eigenvalue weighted by molar-refractivity contribution is 5.72. The van der Waals surface area contributed by atoms with Crippen molar-refractivity contribution in [2.24, 2.45) is 35.5 Å². The minimum absolute atomic E-state index is 0.0116. The molecule has 0 aromatic carbocycles. The van der Waals surface area contributed by atoms with Gasteiger partial charge in [0.1, 0.15) is 12.2 Å². The van der Waals surface area contributed by atoms with E-state index >= 15 is 0 Å². The molecule has 29 heavy (non-hydrogen) atoms. The van der Waals surface area contributed by atoms with E-state index in [2.05, 4.69) is 13.8 Å². The van der Waals surface area contributed by atoms with Crippen LogP contribution in [0.2, 0.25) is 0 Å². The fourth-order valence-corrected chi connectivity index (χ4v) is 6.09. The molecule has 1 N–H and O–H groups in total. The highest BCUT2D eigenvalue weighted by Crippen LogP contribution is 2.50. The Balaban J connectivity index is 1.70. The van der Waals surface area contributed by atoms with Gasteiger partial charge in [-0.3, -0.25) is 9.59 Å². The first kappa shape index (κ1) is 22.6. The molecule has 0 bridgehead atoms. The molecular formula is C24H40O5. The Morgan fingerprint density at radius 3 is 2.66 bits per heavy atom. The summed E-state index contributed by atoms with van der Waals surface area (Å²) in [5.74, 6) is 2.30. The number of hydrogen-bond acceptors (Lipinski definition) is 5. The van der Waals surface area contributed by atoms with Gasteiger partial charge in [-0.1, -0.05) is 34.1 Å². The van der Waals surface area contributed by atoms with Crippen molar-refractivity contribution >= 4 is 11.9 Å². The second kappa shape index (κ2) is 9.80. The Morgan fingerprint density at radius 1 is 1.21 bits per heavy atom. The SMILES string of the molecule is CCC(C)C(=O)O[C@H]1C[C@@H](C)C[C@@H]2CC[C@H](C)[C@H](CC[C@@H]3C[C@@H](O)CC(=O)O3)[C@H]21. The summed E-state index contributed by atoms with van der Waals surface area (Å²) in [6.07, 6.45) is 7.13. The Bertz CT molecular complexity index is 576. The van der Waals surface area contributed by atoms with Gasteiger partial charge in [0.15, 0.2) is 0 Å². The number of fused-ring (bicyclic) bond motifs is 1. The maximum absolute atomic E-state index is 12.6. The average molecular weight is 409 g/mol. The van der Waals surface area contributed by atoms with Crippen LogP contribution in [0.4, 0.5) is 0 Å². The number of carbonyl (C=O) groups excluding carboxylic acids is 2. The van der Waals surface area contributed by atoms with Crippen LogP contribution >= 0.6 is 0 Å². The average Bonchev–Trinajstić information content (AvgIpc) is 2.65. The minimum atomic E-state index is -0.572. The molecule has 3 rings (SSSR count). The van der Waals surface area contributed by atoms with E-state index in [0.717, 1.165) is 25.7 Å². The van der Waals surface area contributed by atoms with Crippen molar-refractivity contribution < 1.29 is 24.2 Å². The van der Waals surface area contributed by atoms with Crippen LogP contribution in [-0.2, 0) is 19.1 Å². The lowest BCUT2D eigenvalue weighted by molar-refractivity contribution is -0.169. The minimum Gasteiger partial charge on any atom is -0.462 e. The molecule has 166 valence electrons. The van der Waals surface area contributed by atoms with E-state index in [1.807, 2.05) is 13.8 Å². The molecule has 0 aromatic rings. The molecule has 0 spiro atoms. The van der Waals surface area contributed by atoms with Crippen LogP contribution in [-0.4, -0.2) is 35.4 Å². The molecule has 2 aliphatic carbocycles. The van der Waals surface area contributed by atoms with Crippen molar-refractivity contribution in [2.75, 3.05) is 0 Å². The normalized spacial score (nSPS) is 41.2. The summed E-state index contributed by atoms with van der Waals surface area (Å²) in [5.41, 5.74) is 0. The molecule has 5 nitrogen and oxygen atoms in total. The van der Waals surface area contributed by atoms with Gasteiger partial charge in [-0.25, -0.2) is 0 Å². The van der Waals surface area contributed by atoms with Gasteiger partial charge in [-0.2, -0.15) is 0 Å². The Hall–Kier alpha value is -1.10. The lowest BCUT2D eigenvalue weighted by Gasteiger charge is -2.50. The predicted octanol–water partition coefficient (Wildman–Crippen LogP) is 4.50. The topological polar surface area (TPSA) is 72.8 Å². The van der Waals surface area contributed by atoms with E-state index in [9.17, 15) is 14.7 Å². The van der Waals surface area contributed by atoms with E-state index in [1.54, 1.807) is 0 Å². The molecule has 2 saturated carbocycles. The van der Waals surface area contributed by atoms with Gasteiger partial charge >= 0.3 is 11.9 Å². The van der Waals surface area contributed by atoms with E-state index in [0.29, 0.717) is 36.0 Å². The van der Waals surface area contributed by atoms with Crippen LogP contribution in [0.15, 0.2) is 0 Å². The maximum Gasteiger partial charge on any atom is 0.308 e. The van der Waals surface area contributed by atoms with Crippen molar-refractivity contribution in [3.05, 3.63) is 0 Å². The zero-order valence-corrected chi connectivity index (χ0v) is 18.6. The van der Waals surface area contributed by atoms with Crippen molar-refractivity contribution in [1.82, 2.24) is 0 Å². The summed E-state index contributed by atoms with van der Waals surface area (Å²) in [4.78, 5) is 24.3. The number of aliphatic hydroxyl groups excluding tert-OH is 1. The first-order chi connectivity index (χ1) is 13.8. The number of hydrogen-bond donors (Lipinski definition) is 1. The summed E-state index contributed by atoms with van der Waals surface area (Å²) in [7, 11) is 0. The second-order valence-electron chi connectivity index (χ2n) is 10.2. The molecule has 5 heteroatoms. The second-order valence-corrected chi connectivity index (χ2v) is 10.2. The van der Waals surface area contributed by atoms with Crippen LogP contribution in [0.5, 0.6) is 0 Å². The molecule has 0 amide bonds. The summed E-state index contributed by atoms with van der Waals surface area (Å²) >= 11 is 0.